The largest absolute Gasteiger partial charge is 0.485 e. The van der Waals surface area contributed by atoms with Gasteiger partial charge in [0.15, 0.2) is 17.5 Å². The van der Waals surface area contributed by atoms with Crippen molar-refractivity contribution in [3.63, 3.8) is 0 Å². The fourth-order valence-corrected chi connectivity index (χ4v) is 2.44. The van der Waals surface area contributed by atoms with Crippen LogP contribution in [0.2, 0.25) is 0 Å². The first-order valence-corrected chi connectivity index (χ1v) is 6.32. The van der Waals surface area contributed by atoms with E-state index in [1.807, 2.05) is 0 Å². The van der Waals surface area contributed by atoms with Gasteiger partial charge < -0.3 is 10.5 Å². The van der Waals surface area contributed by atoms with Crippen molar-refractivity contribution in [2.45, 2.75) is 18.6 Å². The van der Waals surface area contributed by atoms with Crippen LogP contribution >= 0.6 is 0 Å². The lowest BCUT2D eigenvalue weighted by atomic mass is 9.93. The van der Waals surface area contributed by atoms with E-state index < -0.39 is 35.4 Å². The van der Waals surface area contributed by atoms with Crippen LogP contribution in [0.3, 0.4) is 0 Å². The minimum Gasteiger partial charge on any atom is -0.485 e. The lowest BCUT2D eigenvalue weighted by Gasteiger charge is -2.30. The Labute approximate surface area is 118 Å². The molecule has 0 bridgehead atoms. The van der Waals surface area contributed by atoms with Gasteiger partial charge in [0, 0.05) is 24.1 Å². The maximum Gasteiger partial charge on any atom is 0.194 e. The number of ether oxygens (including phenoxy) is 1. The number of fused-ring (bicyclic) bond motifs is 1. The number of hydrogen-bond acceptors (Lipinski definition) is 2. The standard InChI is InChI=1S/C15H11F4NO/c16-8-1-2-9-12(20)6-13(21-14(9)5-8)7-3-10(17)15(19)11(18)4-7/h1-5,12-13H,6,20H2. The van der Waals surface area contributed by atoms with E-state index in [1.54, 1.807) is 0 Å². The lowest BCUT2D eigenvalue weighted by Crippen LogP contribution is -2.24. The topological polar surface area (TPSA) is 35.2 Å². The van der Waals surface area contributed by atoms with Crippen LogP contribution in [0.15, 0.2) is 30.3 Å². The van der Waals surface area contributed by atoms with Crippen LogP contribution in [0.1, 0.15) is 29.7 Å². The van der Waals surface area contributed by atoms with Crippen LogP contribution in [0.5, 0.6) is 5.75 Å². The molecule has 0 radical (unpaired) electrons. The van der Waals surface area contributed by atoms with Crippen molar-refractivity contribution in [3.05, 3.63) is 64.7 Å². The Morgan fingerprint density at radius 2 is 1.67 bits per heavy atom. The molecule has 2 atom stereocenters. The van der Waals surface area contributed by atoms with E-state index in [4.69, 9.17) is 10.5 Å². The second-order valence-electron chi connectivity index (χ2n) is 4.93. The molecular formula is C15H11F4NO. The minimum atomic E-state index is -1.54. The molecule has 0 spiro atoms. The van der Waals surface area contributed by atoms with Gasteiger partial charge in [0.2, 0.25) is 0 Å². The van der Waals surface area contributed by atoms with Gasteiger partial charge in [-0.1, -0.05) is 6.07 Å². The average Bonchev–Trinajstić information content (AvgIpc) is 2.43. The molecule has 0 saturated heterocycles. The van der Waals surface area contributed by atoms with E-state index in [1.165, 1.54) is 12.1 Å². The third-order valence-corrected chi connectivity index (χ3v) is 3.49. The van der Waals surface area contributed by atoms with E-state index >= 15 is 0 Å². The first-order valence-electron chi connectivity index (χ1n) is 6.32. The molecular weight excluding hydrogens is 286 g/mol. The van der Waals surface area contributed by atoms with Crippen molar-refractivity contribution in [3.8, 4) is 5.75 Å². The Bertz CT molecular complexity index is 681. The van der Waals surface area contributed by atoms with Gasteiger partial charge in [-0.05, 0) is 23.8 Å². The van der Waals surface area contributed by atoms with Gasteiger partial charge in [-0.15, -0.1) is 0 Å². The summed E-state index contributed by atoms with van der Waals surface area (Å²) in [5.74, 6) is -4.41. The third kappa shape index (κ3) is 2.47. The van der Waals surface area contributed by atoms with Crippen LogP contribution in [-0.2, 0) is 0 Å². The molecule has 6 heteroatoms. The van der Waals surface area contributed by atoms with E-state index in [0.717, 1.165) is 18.2 Å². The van der Waals surface area contributed by atoms with E-state index in [9.17, 15) is 17.6 Å². The molecule has 2 aromatic rings. The monoisotopic (exact) mass is 297 g/mol. The SMILES string of the molecule is NC1CC(c2cc(F)c(F)c(F)c2)Oc2cc(F)ccc21. The molecule has 0 amide bonds. The highest BCUT2D eigenvalue weighted by Gasteiger charge is 2.28. The summed E-state index contributed by atoms with van der Waals surface area (Å²) < 4.78 is 58.3. The first-order chi connectivity index (χ1) is 9.95. The number of rotatable bonds is 1. The lowest BCUT2D eigenvalue weighted by molar-refractivity contribution is 0.159. The molecule has 21 heavy (non-hydrogen) atoms. The van der Waals surface area contributed by atoms with E-state index in [-0.39, 0.29) is 17.7 Å². The second kappa shape index (κ2) is 5.04. The smallest absolute Gasteiger partial charge is 0.194 e. The van der Waals surface area contributed by atoms with Crippen molar-refractivity contribution in [2.24, 2.45) is 5.73 Å². The summed E-state index contributed by atoms with van der Waals surface area (Å²) in [7, 11) is 0. The minimum absolute atomic E-state index is 0.122. The number of benzene rings is 2. The Kier molecular flexibility index (Phi) is 3.33. The summed E-state index contributed by atoms with van der Waals surface area (Å²) in [4.78, 5) is 0. The molecule has 0 saturated carbocycles. The van der Waals surface area contributed by atoms with Crippen LogP contribution in [0.25, 0.3) is 0 Å². The zero-order chi connectivity index (χ0) is 15.1. The van der Waals surface area contributed by atoms with Crippen molar-refractivity contribution >= 4 is 0 Å². The Morgan fingerprint density at radius 3 is 2.33 bits per heavy atom. The molecule has 2 nitrogen and oxygen atoms in total. The molecule has 1 aliphatic heterocycles. The van der Waals surface area contributed by atoms with E-state index in [2.05, 4.69) is 0 Å². The predicted octanol–water partition coefficient (Wildman–Crippen LogP) is 3.77. The van der Waals surface area contributed by atoms with Gasteiger partial charge >= 0.3 is 0 Å². The molecule has 0 fully saturated rings. The summed E-state index contributed by atoms with van der Waals surface area (Å²) in [6, 6.07) is 5.20. The molecule has 110 valence electrons. The van der Waals surface area contributed by atoms with Crippen LogP contribution < -0.4 is 10.5 Å². The highest BCUT2D eigenvalue weighted by molar-refractivity contribution is 5.39. The highest BCUT2D eigenvalue weighted by Crippen LogP contribution is 2.40. The average molecular weight is 297 g/mol. The highest BCUT2D eigenvalue weighted by atomic mass is 19.2. The van der Waals surface area contributed by atoms with Gasteiger partial charge in [-0.3, -0.25) is 0 Å². The Balaban J connectivity index is 1.99. The van der Waals surface area contributed by atoms with Gasteiger partial charge in [0.1, 0.15) is 17.7 Å². The third-order valence-electron chi connectivity index (χ3n) is 3.49. The molecule has 3 rings (SSSR count). The van der Waals surface area contributed by atoms with Gasteiger partial charge in [0.05, 0.1) is 0 Å². The van der Waals surface area contributed by atoms with Crippen molar-refractivity contribution in [1.82, 2.24) is 0 Å². The van der Waals surface area contributed by atoms with Crippen LogP contribution in [-0.4, -0.2) is 0 Å². The maximum absolute atomic E-state index is 13.3. The summed E-state index contributed by atoms with van der Waals surface area (Å²) in [6.07, 6.45) is -0.512. The fraction of sp³-hybridized carbons (Fsp3) is 0.200. The van der Waals surface area contributed by atoms with E-state index in [0.29, 0.717) is 5.56 Å². The molecule has 1 heterocycles. The zero-order valence-electron chi connectivity index (χ0n) is 10.7. The molecule has 2 unspecified atom stereocenters. The number of nitrogens with two attached hydrogens (primary N) is 1. The Morgan fingerprint density at radius 1 is 1.00 bits per heavy atom. The molecule has 2 N–H and O–H groups in total. The normalized spacial score (nSPS) is 20.8. The van der Waals surface area contributed by atoms with Crippen molar-refractivity contribution in [2.75, 3.05) is 0 Å². The van der Waals surface area contributed by atoms with Crippen molar-refractivity contribution < 1.29 is 22.3 Å². The maximum atomic E-state index is 13.3. The van der Waals surface area contributed by atoms with Crippen LogP contribution in [0, 0.1) is 23.3 Å². The summed E-state index contributed by atoms with van der Waals surface area (Å²) >= 11 is 0. The second-order valence-corrected chi connectivity index (χ2v) is 4.93. The molecule has 0 aromatic heterocycles. The van der Waals surface area contributed by atoms with Gasteiger partial charge in [-0.2, -0.15) is 0 Å². The summed E-state index contributed by atoms with van der Waals surface area (Å²) in [5.41, 5.74) is 6.71. The summed E-state index contributed by atoms with van der Waals surface area (Å²) in [5, 5.41) is 0. The molecule has 1 aliphatic rings. The summed E-state index contributed by atoms with van der Waals surface area (Å²) in [6.45, 7) is 0. The molecule has 0 aliphatic carbocycles. The fourth-order valence-electron chi connectivity index (χ4n) is 2.44. The van der Waals surface area contributed by atoms with Crippen LogP contribution in [0.4, 0.5) is 17.6 Å². The Hall–Kier alpha value is -2.08. The van der Waals surface area contributed by atoms with Crippen molar-refractivity contribution in [1.29, 1.82) is 0 Å². The van der Waals surface area contributed by atoms with Gasteiger partial charge in [-0.25, -0.2) is 17.6 Å². The van der Waals surface area contributed by atoms with Gasteiger partial charge in [0.25, 0.3) is 0 Å². The number of hydrogen-bond donors (Lipinski definition) is 1. The first kappa shape index (κ1) is 13.9. The molecule has 2 aromatic carbocycles. The number of halogens is 4. The quantitative estimate of drug-likeness (QED) is 0.642. The zero-order valence-corrected chi connectivity index (χ0v) is 10.7. The predicted molar refractivity (Wildman–Crippen MR) is 67.6 cm³/mol.